The van der Waals surface area contributed by atoms with Crippen molar-refractivity contribution in [1.82, 2.24) is 26.1 Å². The van der Waals surface area contributed by atoms with E-state index in [2.05, 4.69) is 19.9 Å². The molecule has 0 aliphatic carbocycles. The van der Waals surface area contributed by atoms with Crippen molar-refractivity contribution in [2.75, 3.05) is 0 Å². The molecule has 0 saturated heterocycles. The average molecular weight is 360 g/mol. The number of ether oxygens (including phenoxy) is 1. The molecule has 6 nitrogen and oxygen atoms in total. The van der Waals surface area contributed by atoms with Crippen LogP contribution in [-0.2, 0) is 6.61 Å². The predicted octanol–water partition coefficient (Wildman–Crippen LogP) is 3.63. The van der Waals surface area contributed by atoms with Gasteiger partial charge in [-0.25, -0.2) is 19.3 Å². The summed E-state index contributed by atoms with van der Waals surface area (Å²) in [7, 11) is 0. The van der Waals surface area contributed by atoms with Gasteiger partial charge in [-0.15, -0.1) is 0 Å². The van der Waals surface area contributed by atoms with E-state index < -0.39 is 0 Å². The maximum Gasteiger partial charge on any atom is 0.226 e. The second-order valence-electron chi connectivity index (χ2n) is 5.88. The molecule has 0 N–H and O–H groups in total. The van der Waals surface area contributed by atoms with E-state index in [0.717, 1.165) is 22.4 Å². The average Bonchev–Trinajstić information content (AvgIpc) is 2.68. The van der Waals surface area contributed by atoms with Gasteiger partial charge in [0, 0.05) is 35.4 Å². The number of benzene rings is 1. The molecule has 3 heterocycles. The lowest BCUT2D eigenvalue weighted by atomic mass is 10.1. The van der Waals surface area contributed by atoms with Crippen molar-refractivity contribution in [2.24, 2.45) is 0 Å². The summed E-state index contributed by atoms with van der Waals surface area (Å²) in [6.45, 7) is 2.28. The van der Waals surface area contributed by atoms with Crippen molar-refractivity contribution >= 4 is 11.0 Å². The Labute approximate surface area is 155 Å². The number of hydrogen-bond acceptors (Lipinski definition) is 5. The quantitative estimate of drug-likeness (QED) is 0.554. The molecule has 3 radical (unpaired) electrons. The number of aryl methyl sites for hydroxylation is 1. The first-order valence-corrected chi connectivity index (χ1v) is 8.10. The van der Waals surface area contributed by atoms with Crippen LogP contribution in [0.25, 0.3) is 22.2 Å². The fourth-order valence-corrected chi connectivity index (χ4v) is 2.57. The van der Waals surface area contributed by atoms with Gasteiger partial charge < -0.3 is 4.74 Å². The van der Waals surface area contributed by atoms with Crippen molar-refractivity contribution < 1.29 is 9.13 Å². The number of nitrogens with zero attached hydrogens (tertiary/aromatic N) is 5. The summed E-state index contributed by atoms with van der Waals surface area (Å²) >= 11 is 0. The van der Waals surface area contributed by atoms with E-state index in [1.807, 2.05) is 25.1 Å². The van der Waals surface area contributed by atoms with Crippen molar-refractivity contribution in [3.8, 4) is 17.0 Å². The van der Waals surface area contributed by atoms with Gasteiger partial charge in [0.15, 0.2) is 5.65 Å². The molecule has 4 aromatic rings. The highest BCUT2D eigenvalue weighted by molar-refractivity contribution is 5.84. The molecule has 0 fully saturated rings. The zero-order chi connectivity index (χ0) is 17.9. The Bertz CT molecular complexity index is 1050. The summed E-state index contributed by atoms with van der Waals surface area (Å²) in [4.78, 5) is 17.0. The highest BCUT2D eigenvalue weighted by atomic mass is 19.1. The van der Waals surface area contributed by atoms with E-state index in [1.165, 1.54) is 18.5 Å². The van der Waals surface area contributed by atoms with Gasteiger partial charge >= 0.3 is 0 Å². The minimum Gasteiger partial charge on any atom is -0.472 e. The van der Waals surface area contributed by atoms with Crippen molar-refractivity contribution in [2.45, 2.75) is 13.5 Å². The summed E-state index contributed by atoms with van der Waals surface area (Å²) in [5, 5.41) is 0.703. The Morgan fingerprint density at radius 2 is 1.70 bits per heavy atom. The number of pyridine rings is 2. The lowest BCUT2D eigenvalue weighted by molar-refractivity contribution is 0.297. The van der Waals surface area contributed by atoms with Crippen LogP contribution in [0.1, 0.15) is 11.3 Å². The van der Waals surface area contributed by atoms with Crippen LogP contribution in [0.5, 0.6) is 5.88 Å². The van der Waals surface area contributed by atoms with Crippen LogP contribution in [0, 0.1) is 12.7 Å². The van der Waals surface area contributed by atoms with Crippen LogP contribution in [-0.4, -0.2) is 19.9 Å². The molecule has 0 saturated carbocycles. The zero-order valence-electron chi connectivity index (χ0n) is 14.5. The van der Waals surface area contributed by atoms with Crippen molar-refractivity contribution in [3.05, 3.63) is 78.3 Å². The van der Waals surface area contributed by atoms with Gasteiger partial charge in [-0.05, 0) is 36.8 Å². The smallest absolute Gasteiger partial charge is 0.226 e. The Morgan fingerprint density at radius 3 is 2.44 bits per heavy atom. The summed E-state index contributed by atoms with van der Waals surface area (Å²) in [6.07, 6.45) is 4.91. The Hall–Kier alpha value is -3.45. The monoisotopic (exact) mass is 360 g/mol. The fraction of sp³-hybridized carbons (Fsp3) is 0.100. The first-order chi connectivity index (χ1) is 12.7. The molecule has 0 atom stereocenters. The molecule has 0 aliphatic heterocycles. The van der Waals surface area contributed by atoms with E-state index in [0.29, 0.717) is 23.5 Å². The standard InChI is InChI=1S/C20H15FN4O.N/c1-13-2-3-14(9-22-13)11-26-20-18-8-16(10-23-19(18)24-12-25-20)15-4-6-17(21)7-5-15;/h2-10,12H,11H2,1H3;. The second kappa shape index (κ2) is 7.84. The molecule has 1 aromatic carbocycles. The Morgan fingerprint density at radius 1 is 0.889 bits per heavy atom. The minimum atomic E-state index is -0.276. The van der Waals surface area contributed by atoms with E-state index in [-0.39, 0.29) is 12.0 Å². The number of halogens is 1. The van der Waals surface area contributed by atoms with Crippen molar-refractivity contribution in [1.29, 1.82) is 0 Å². The van der Waals surface area contributed by atoms with Gasteiger partial charge in [-0.2, -0.15) is 0 Å². The van der Waals surface area contributed by atoms with Gasteiger partial charge in [0.2, 0.25) is 5.88 Å². The fourth-order valence-electron chi connectivity index (χ4n) is 2.57. The van der Waals surface area contributed by atoms with Crippen molar-refractivity contribution in [3.63, 3.8) is 0 Å². The molecule has 0 spiro atoms. The number of hydrogen-bond donors (Lipinski definition) is 0. The summed E-state index contributed by atoms with van der Waals surface area (Å²) < 4.78 is 19.0. The van der Waals surface area contributed by atoms with Crippen LogP contribution in [0.2, 0.25) is 0 Å². The molecule has 0 unspecified atom stereocenters. The highest BCUT2D eigenvalue weighted by Gasteiger charge is 2.09. The topological polar surface area (TPSA) is 91.3 Å². The van der Waals surface area contributed by atoms with Crippen LogP contribution in [0.4, 0.5) is 4.39 Å². The molecule has 0 bridgehead atoms. The third kappa shape index (κ3) is 4.04. The minimum absolute atomic E-state index is 0. The lowest BCUT2D eigenvalue weighted by Gasteiger charge is -2.09. The summed E-state index contributed by atoms with van der Waals surface area (Å²) in [5.41, 5.74) is 4.15. The van der Waals surface area contributed by atoms with E-state index in [4.69, 9.17) is 4.74 Å². The van der Waals surface area contributed by atoms with Crippen LogP contribution in [0.15, 0.2) is 61.2 Å². The number of aromatic nitrogens is 4. The van der Waals surface area contributed by atoms with E-state index in [9.17, 15) is 4.39 Å². The third-order valence-corrected chi connectivity index (χ3v) is 3.98. The van der Waals surface area contributed by atoms with Gasteiger partial charge in [0.05, 0.1) is 5.39 Å². The zero-order valence-corrected chi connectivity index (χ0v) is 14.5. The molecular weight excluding hydrogens is 345 g/mol. The molecule has 27 heavy (non-hydrogen) atoms. The van der Waals surface area contributed by atoms with Gasteiger partial charge in [-0.3, -0.25) is 4.98 Å². The third-order valence-electron chi connectivity index (χ3n) is 3.98. The SMILES string of the molecule is Cc1ccc(COc2ncnc3ncc(-c4ccc(F)cc4)cc23)cn1.[N]. The Kier molecular flexibility index (Phi) is 5.33. The largest absolute Gasteiger partial charge is 0.472 e. The molecule has 3 aromatic heterocycles. The van der Waals surface area contributed by atoms with Crippen LogP contribution >= 0.6 is 0 Å². The first kappa shape index (κ1) is 18.3. The van der Waals surface area contributed by atoms with Crippen LogP contribution in [0.3, 0.4) is 0 Å². The highest BCUT2D eigenvalue weighted by Crippen LogP contribution is 2.27. The normalized spacial score (nSPS) is 10.4. The van der Waals surface area contributed by atoms with Gasteiger partial charge in [0.1, 0.15) is 18.8 Å². The predicted molar refractivity (Wildman–Crippen MR) is 98.2 cm³/mol. The van der Waals surface area contributed by atoms with Gasteiger partial charge in [0.25, 0.3) is 0 Å². The Balaban J connectivity index is 0.00000210. The second-order valence-corrected chi connectivity index (χ2v) is 5.88. The van der Waals surface area contributed by atoms with Crippen LogP contribution < -0.4 is 10.9 Å². The molecule has 0 amide bonds. The number of rotatable bonds is 4. The maximum absolute atomic E-state index is 13.1. The van der Waals surface area contributed by atoms with E-state index >= 15 is 0 Å². The lowest BCUT2D eigenvalue weighted by Crippen LogP contribution is -2.00. The number of fused-ring (bicyclic) bond motifs is 1. The molecule has 7 heteroatoms. The van der Waals surface area contributed by atoms with Gasteiger partial charge in [-0.1, -0.05) is 18.2 Å². The van der Waals surface area contributed by atoms with E-state index in [1.54, 1.807) is 24.5 Å². The summed E-state index contributed by atoms with van der Waals surface area (Å²) in [6, 6.07) is 12.1. The summed E-state index contributed by atoms with van der Waals surface area (Å²) in [5.74, 6) is 0.175. The molecule has 133 valence electrons. The first-order valence-electron chi connectivity index (χ1n) is 8.10. The molecule has 4 rings (SSSR count). The molecular formula is C20H15FN5O. The maximum atomic E-state index is 13.1. The molecule has 0 aliphatic rings.